The minimum Gasteiger partial charge on any atom is -0.325 e. The third-order valence-corrected chi connectivity index (χ3v) is 8.05. The molecule has 41 heavy (non-hydrogen) atoms. The van der Waals surface area contributed by atoms with Gasteiger partial charge in [0.25, 0.3) is 11.8 Å². The molecule has 0 aromatic heterocycles. The molecule has 10 heteroatoms. The summed E-state index contributed by atoms with van der Waals surface area (Å²) < 4.78 is 1.08. The Hall–Kier alpha value is -3.31. The predicted molar refractivity (Wildman–Crippen MR) is 177 cm³/mol. The molecule has 0 saturated heterocycles. The number of carbonyl (C=O) groups excluding carboxylic acids is 3. The molecular weight excluding hydrogens is 692 g/mol. The summed E-state index contributed by atoms with van der Waals surface area (Å²) >= 11 is 15.9. The van der Waals surface area contributed by atoms with Gasteiger partial charge in [-0.2, -0.15) is 0 Å². The topological polar surface area (TPSA) is 87.3 Å². The molecule has 4 rings (SSSR count). The maximum Gasteiger partial charge on any atom is 0.272 e. The first-order valence-corrected chi connectivity index (χ1v) is 15.1. The van der Waals surface area contributed by atoms with E-state index in [1.165, 1.54) is 17.8 Å². The molecule has 0 radical (unpaired) electrons. The van der Waals surface area contributed by atoms with Crippen molar-refractivity contribution >= 4 is 92.7 Å². The van der Waals surface area contributed by atoms with E-state index in [9.17, 15) is 14.4 Å². The van der Waals surface area contributed by atoms with Crippen molar-refractivity contribution in [2.24, 2.45) is 0 Å². The van der Waals surface area contributed by atoms with Gasteiger partial charge in [0.15, 0.2) is 0 Å². The number of anilines is 2. The third kappa shape index (κ3) is 9.09. The van der Waals surface area contributed by atoms with Crippen LogP contribution in [0.1, 0.15) is 22.8 Å². The number of nitrogens with one attached hydrogen (secondary N) is 3. The van der Waals surface area contributed by atoms with Gasteiger partial charge in [0, 0.05) is 35.4 Å². The van der Waals surface area contributed by atoms with Gasteiger partial charge in [0.2, 0.25) is 5.91 Å². The van der Waals surface area contributed by atoms with Crippen molar-refractivity contribution < 1.29 is 14.4 Å². The van der Waals surface area contributed by atoms with Crippen LogP contribution in [0.5, 0.6) is 0 Å². The van der Waals surface area contributed by atoms with Crippen molar-refractivity contribution in [2.75, 3.05) is 10.6 Å². The molecule has 208 valence electrons. The maximum absolute atomic E-state index is 13.4. The van der Waals surface area contributed by atoms with Crippen LogP contribution in [0.2, 0.25) is 10.0 Å². The Balaban J connectivity index is 1.50. The first-order chi connectivity index (χ1) is 19.7. The van der Waals surface area contributed by atoms with Crippen molar-refractivity contribution in [1.29, 1.82) is 0 Å². The molecule has 4 aromatic rings. The lowest BCUT2D eigenvalue weighted by Gasteiger charge is -2.14. The standard InChI is InChI=1S/C31H24Cl2IN3O3S/c1-19(29(38)35-24-14-12-23(34)13-15-24)41-26-9-5-8-25(18-26)36-31(40)28(16-21-10-11-22(32)17-27(21)33)37-30(39)20-6-3-2-4-7-20/h2-19H,1H3,(H,35,38)(H,36,40)(H,37,39)/b28-16+. The van der Waals surface area contributed by atoms with Gasteiger partial charge in [-0.1, -0.05) is 53.5 Å². The van der Waals surface area contributed by atoms with Gasteiger partial charge in [-0.25, -0.2) is 0 Å². The summed E-state index contributed by atoms with van der Waals surface area (Å²) in [6, 6.07) is 28.1. The molecule has 0 aliphatic carbocycles. The van der Waals surface area contributed by atoms with Crippen LogP contribution in [0.25, 0.3) is 6.08 Å². The summed E-state index contributed by atoms with van der Waals surface area (Å²) in [6.07, 6.45) is 1.49. The normalized spacial score (nSPS) is 11.9. The number of rotatable bonds is 9. The Labute approximate surface area is 266 Å². The average molecular weight is 716 g/mol. The summed E-state index contributed by atoms with van der Waals surface area (Å²) in [6.45, 7) is 1.81. The number of thioether (sulfide) groups is 1. The van der Waals surface area contributed by atoms with Crippen LogP contribution >= 0.6 is 57.6 Å². The van der Waals surface area contributed by atoms with Gasteiger partial charge in [0.05, 0.1) is 5.25 Å². The zero-order valence-corrected chi connectivity index (χ0v) is 26.1. The highest BCUT2D eigenvalue weighted by Crippen LogP contribution is 2.28. The molecule has 0 heterocycles. The van der Waals surface area contributed by atoms with Crippen molar-refractivity contribution in [3.05, 3.63) is 128 Å². The Kier molecular flexibility index (Phi) is 10.9. The zero-order chi connectivity index (χ0) is 29.4. The van der Waals surface area contributed by atoms with Crippen LogP contribution in [-0.2, 0) is 9.59 Å². The Morgan fingerprint density at radius 3 is 2.27 bits per heavy atom. The lowest BCUT2D eigenvalue weighted by Crippen LogP contribution is -2.30. The monoisotopic (exact) mass is 715 g/mol. The number of hydrogen-bond donors (Lipinski definition) is 3. The Morgan fingerprint density at radius 1 is 0.829 bits per heavy atom. The second-order valence-electron chi connectivity index (χ2n) is 8.78. The van der Waals surface area contributed by atoms with Gasteiger partial charge >= 0.3 is 0 Å². The molecule has 1 unspecified atom stereocenters. The molecule has 0 fully saturated rings. The van der Waals surface area contributed by atoms with E-state index in [1.807, 2.05) is 37.3 Å². The minimum absolute atomic E-state index is 0.00796. The summed E-state index contributed by atoms with van der Waals surface area (Å²) in [5, 5.41) is 8.82. The Morgan fingerprint density at radius 2 is 1.56 bits per heavy atom. The van der Waals surface area contributed by atoms with Crippen LogP contribution in [0.4, 0.5) is 11.4 Å². The highest BCUT2D eigenvalue weighted by atomic mass is 127. The zero-order valence-electron chi connectivity index (χ0n) is 21.7. The fourth-order valence-electron chi connectivity index (χ4n) is 3.60. The number of benzene rings is 4. The van der Waals surface area contributed by atoms with Crippen molar-refractivity contribution in [1.82, 2.24) is 5.32 Å². The largest absolute Gasteiger partial charge is 0.325 e. The van der Waals surface area contributed by atoms with Crippen LogP contribution in [-0.4, -0.2) is 23.0 Å². The van der Waals surface area contributed by atoms with E-state index in [0.29, 0.717) is 26.9 Å². The van der Waals surface area contributed by atoms with Crippen molar-refractivity contribution in [2.45, 2.75) is 17.1 Å². The molecule has 1 atom stereocenters. The first-order valence-electron chi connectivity index (χ1n) is 12.4. The molecule has 0 aliphatic heterocycles. The molecule has 6 nitrogen and oxygen atoms in total. The summed E-state index contributed by atoms with van der Waals surface area (Å²) in [5.41, 5.74) is 2.11. The van der Waals surface area contributed by atoms with Crippen LogP contribution in [0.15, 0.2) is 108 Å². The van der Waals surface area contributed by atoms with E-state index in [-0.39, 0.29) is 11.6 Å². The van der Waals surface area contributed by atoms with E-state index >= 15 is 0 Å². The van der Waals surface area contributed by atoms with Gasteiger partial charge in [-0.3, -0.25) is 14.4 Å². The lowest BCUT2D eigenvalue weighted by atomic mass is 10.1. The molecule has 0 bridgehead atoms. The molecule has 0 saturated carbocycles. The third-order valence-electron chi connectivity index (χ3n) is 5.68. The van der Waals surface area contributed by atoms with Crippen LogP contribution in [0, 0.1) is 3.57 Å². The number of carbonyl (C=O) groups is 3. The van der Waals surface area contributed by atoms with Crippen molar-refractivity contribution in [3.8, 4) is 0 Å². The van der Waals surface area contributed by atoms with Gasteiger partial charge in [0.1, 0.15) is 5.70 Å². The van der Waals surface area contributed by atoms with Gasteiger partial charge in [-0.05, 0) is 108 Å². The molecule has 0 spiro atoms. The SMILES string of the molecule is CC(Sc1cccc(NC(=O)/C(=C\c2ccc(Cl)cc2Cl)NC(=O)c2ccccc2)c1)C(=O)Nc1ccc(I)cc1. The van der Waals surface area contributed by atoms with E-state index in [4.69, 9.17) is 23.2 Å². The number of hydrogen-bond acceptors (Lipinski definition) is 4. The number of amides is 3. The smallest absolute Gasteiger partial charge is 0.272 e. The predicted octanol–water partition coefficient (Wildman–Crippen LogP) is 8.13. The summed E-state index contributed by atoms with van der Waals surface area (Å²) in [5.74, 6) is -1.14. The second-order valence-corrected chi connectivity index (χ2v) is 12.3. The van der Waals surface area contributed by atoms with E-state index in [1.54, 1.807) is 66.7 Å². The average Bonchev–Trinajstić information content (AvgIpc) is 2.95. The molecule has 3 N–H and O–H groups in total. The fourth-order valence-corrected chi connectivity index (χ4v) is 5.35. The lowest BCUT2D eigenvalue weighted by molar-refractivity contribution is -0.115. The molecular formula is C31H24Cl2IN3O3S. The highest BCUT2D eigenvalue weighted by Gasteiger charge is 2.18. The summed E-state index contributed by atoms with van der Waals surface area (Å²) in [7, 11) is 0. The quantitative estimate of drug-likeness (QED) is 0.0928. The fraction of sp³-hybridized carbons (Fsp3) is 0.0645. The number of halogens is 3. The van der Waals surface area contributed by atoms with Crippen LogP contribution < -0.4 is 16.0 Å². The van der Waals surface area contributed by atoms with Crippen LogP contribution in [0.3, 0.4) is 0 Å². The van der Waals surface area contributed by atoms with Crippen molar-refractivity contribution in [3.63, 3.8) is 0 Å². The molecule has 0 aliphatic rings. The van der Waals surface area contributed by atoms with E-state index < -0.39 is 17.1 Å². The summed E-state index contributed by atoms with van der Waals surface area (Å²) in [4.78, 5) is 39.8. The van der Waals surface area contributed by atoms with E-state index in [2.05, 4.69) is 38.5 Å². The second kappa shape index (κ2) is 14.5. The Bertz CT molecular complexity index is 1600. The van der Waals surface area contributed by atoms with Gasteiger partial charge in [-0.15, -0.1) is 11.8 Å². The molecule has 3 amide bonds. The highest BCUT2D eigenvalue weighted by molar-refractivity contribution is 14.1. The van der Waals surface area contributed by atoms with Gasteiger partial charge < -0.3 is 16.0 Å². The molecule has 4 aromatic carbocycles. The maximum atomic E-state index is 13.4. The first kappa shape index (κ1) is 30.6. The minimum atomic E-state index is -0.549. The van der Waals surface area contributed by atoms with E-state index in [0.717, 1.165) is 14.2 Å².